The molecule has 2 atom stereocenters. The summed E-state index contributed by atoms with van der Waals surface area (Å²) in [6.07, 6.45) is 23.7. The molecule has 148 valence electrons. The van der Waals surface area contributed by atoms with Gasteiger partial charge < -0.3 is 0 Å². The number of rotatable bonds is 17. The van der Waals surface area contributed by atoms with E-state index in [1.807, 2.05) is 0 Å². The maximum absolute atomic E-state index is 6.17. The van der Waals surface area contributed by atoms with Crippen LogP contribution >= 0.6 is 0 Å². The number of unbranched alkanes of at least 4 members (excludes halogenated alkanes) is 14. The summed E-state index contributed by atoms with van der Waals surface area (Å²) in [6.45, 7) is 7.67. The van der Waals surface area contributed by atoms with Crippen LogP contribution in [0.25, 0.3) is 0 Å². The van der Waals surface area contributed by atoms with Gasteiger partial charge in [0.05, 0.1) is 13.1 Å². The Morgan fingerprint density at radius 1 is 0.800 bits per heavy atom. The average Bonchev–Trinajstić information content (AvgIpc) is 3.08. The van der Waals surface area contributed by atoms with Crippen molar-refractivity contribution in [3.05, 3.63) is 0 Å². The molecule has 25 heavy (non-hydrogen) atoms. The molecule has 0 aromatic rings. The van der Waals surface area contributed by atoms with E-state index in [9.17, 15) is 0 Å². The summed E-state index contributed by atoms with van der Waals surface area (Å²) in [5, 5.41) is 0. The first-order chi connectivity index (χ1) is 12.2. The molecule has 2 N–H and O–H groups in total. The van der Waals surface area contributed by atoms with Crippen LogP contribution in [-0.4, -0.2) is 36.6 Å². The summed E-state index contributed by atoms with van der Waals surface area (Å²) >= 11 is 0. The molecule has 0 aromatic heterocycles. The summed E-state index contributed by atoms with van der Waals surface area (Å²) in [4.78, 5) is 4.41. The van der Waals surface area contributed by atoms with Crippen molar-refractivity contribution in [2.24, 2.45) is 10.7 Å². The van der Waals surface area contributed by atoms with Crippen LogP contribution in [0, 0.1) is 0 Å². The summed E-state index contributed by atoms with van der Waals surface area (Å²) in [6, 6.07) is 0. The third-order valence-corrected chi connectivity index (χ3v) is 5.95. The third-order valence-electron chi connectivity index (χ3n) is 5.95. The average molecular weight is 353 g/mol. The fourth-order valence-corrected chi connectivity index (χ4v) is 3.98. The van der Waals surface area contributed by atoms with E-state index in [0.29, 0.717) is 0 Å². The quantitative estimate of drug-likeness (QED) is 0.252. The highest BCUT2D eigenvalue weighted by Gasteiger charge is 2.32. The molecular weight excluding hydrogens is 306 g/mol. The van der Waals surface area contributed by atoms with Crippen molar-refractivity contribution < 1.29 is 4.48 Å². The van der Waals surface area contributed by atoms with Crippen molar-refractivity contribution in [1.29, 1.82) is 0 Å². The van der Waals surface area contributed by atoms with Crippen LogP contribution in [-0.2, 0) is 0 Å². The minimum Gasteiger partial charge on any atom is -0.281 e. The van der Waals surface area contributed by atoms with Crippen LogP contribution in [0.4, 0.5) is 0 Å². The Labute approximate surface area is 158 Å². The summed E-state index contributed by atoms with van der Waals surface area (Å²) < 4.78 is 0.915. The topological polar surface area (TPSA) is 38.4 Å². The normalized spacial score (nSPS) is 21.1. The second-order valence-electron chi connectivity index (χ2n) is 8.26. The van der Waals surface area contributed by atoms with Gasteiger partial charge in [-0.25, -0.2) is 4.99 Å². The highest BCUT2D eigenvalue weighted by Crippen LogP contribution is 2.17. The zero-order chi connectivity index (χ0) is 18.2. The van der Waals surface area contributed by atoms with Crippen molar-refractivity contribution in [3.63, 3.8) is 0 Å². The zero-order valence-corrected chi connectivity index (χ0v) is 17.4. The van der Waals surface area contributed by atoms with Gasteiger partial charge in [-0.3, -0.25) is 10.2 Å². The molecule has 0 saturated heterocycles. The van der Waals surface area contributed by atoms with Gasteiger partial charge in [0.25, 0.3) is 0 Å². The number of nitrogens with two attached hydrogens (primary N) is 1. The SMILES string of the molecule is CCCCCCCCCCCCCCCCC[N+]1(C(C)N)C=NCC1. The fourth-order valence-electron chi connectivity index (χ4n) is 3.98. The summed E-state index contributed by atoms with van der Waals surface area (Å²) in [7, 11) is 0. The largest absolute Gasteiger partial charge is 0.281 e. The Morgan fingerprint density at radius 3 is 1.60 bits per heavy atom. The number of hydrogen-bond donors (Lipinski definition) is 1. The lowest BCUT2D eigenvalue weighted by Gasteiger charge is -2.34. The predicted molar refractivity (Wildman–Crippen MR) is 112 cm³/mol. The molecule has 0 amide bonds. The van der Waals surface area contributed by atoms with Crippen molar-refractivity contribution in [1.82, 2.24) is 0 Å². The highest BCUT2D eigenvalue weighted by atomic mass is 15.4. The van der Waals surface area contributed by atoms with Crippen LogP contribution in [0.5, 0.6) is 0 Å². The van der Waals surface area contributed by atoms with Gasteiger partial charge in [0.1, 0.15) is 12.7 Å². The first-order valence-corrected chi connectivity index (χ1v) is 11.3. The predicted octanol–water partition coefficient (Wildman–Crippen LogP) is 6.02. The molecule has 0 aliphatic carbocycles. The molecule has 0 spiro atoms. The standard InChI is InChI=1S/C22H46N3/c1-3-4-5-6-7-8-9-10-11-12-13-14-15-16-17-19-25(22(2)23)20-18-24-21-25/h21-22H,3-20,23H2,1-2H3/q+1. The van der Waals surface area contributed by atoms with E-state index in [-0.39, 0.29) is 6.17 Å². The molecule has 0 radical (unpaired) electrons. The van der Waals surface area contributed by atoms with E-state index in [0.717, 1.165) is 17.6 Å². The first-order valence-electron chi connectivity index (χ1n) is 11.3. The third kappa shape index (κ3) is 10.4. The van der Waals surface area contributed by atoms with Crippen molar-refractivity contribution >= 4 is 6.34 Å². The Balaban J connectivity index is 1.81. The maximum atomic E-state index is 6.17. The van der Waals surface area contributed by atoms with E-state index in [2.05, 4.69) is 25.2 Å². The number of quaternary nitrogens is 1. The second kappa shape index (κ2) is 14.7. The Hall–Kier alpha value is -0.410. The molecule has 0 fully saturated rings. The lowest BCUT2D eigenvalue weighted by atomic mass is 10.0. The molecule has 1 rings (SSSR count). The van der Waals surface area contributed by atoms with E-state index in [4.69, 9.17) is 5.73 Å². The number of nitrogens with zero attached hydrogens (tertiary/aromatic N) is 2. The smallest absolute Gasteiger partial charge is 0.186 e. The molecule has 1 aliphatic heterocycles. The lowest BCUT2D eigenvalue weighted by Crippen LogP contribution is -2.56. The summed E-state index contributed by atoms with van der Waals surface area (Å²) in [5.41, 5.74) is 6.17. The molecule has 2 unspecified atom stereocenters. The lowest BCUT2D eigenvalue weighted by molar-refractivity contribution is -0.853. The van der Waals surface area contributed by atoms with Crippen LogP contribution in [0.3, 0.4) is 0 Å². The van der Waals surface area contributed by atoms with Crippen molar-refractivity contribution in [3.8, 4) is 0 Å². The van der Waals surface area contributed by atoms with Gasteiger partial charge in [-0.05, 0) is 12.8 Å². The van der Waals surface area contributed by atoms with Crippen LogP contribution in [0.1, 0.15) is 110 Å². The summed E-state index contributed by atoms with van der Waals surface area (Å²) in [5.74, 6) is 0. The van der Waals surface area contributed by atoms with Gasteiger partial charge in [0.15, 0.2) is 6.34 Å². The Kier molecular flexibility index (Phi) is 13.3. The molecule has 0 bridgehead atoms. The van der Waals surface area contributed by atoms with Gasteiger partial charge in [-0.15, -0.1) is 0 Å². The van der Waals surface area contributed by atoms with E-state index < -0.39 is 0 Å². The van der Waals surface area contributed by atoms with Crippen LogP contribution in [0.15, 0.2) is 4.99 Å². The van der Waals surface area contributed by atoms with Crippen LogP contribution < -0.4 is 5.73 Å². The van der Waals surface area contributed by atoms with Gasteiger partial charge in [-0.2, -0.15) is 0 Å². The van der Waals surface area contributed by atoms with Gasteiger partial charge in [0.2, 0.25) is 0 Å². The molecule has 1 heterocycles. The molecule has 1 aliphatic rings. The second-order valence-corrected chi connectivity index (χ2v) is 8.26. The van der Waals surface area contributed by atoms with E-state index >= 15 is 0 Å². The van der Waals surface area contributed by atoms with Gasteiger partial charge in [-0.1, -0.05) is 90.4 Å². The van der Waals surface area contributed by atoms with Gasteiger partial charge >= 0.3 is 0 Å². The number of aliphatic imine (C=N–C) groups is 1. The Bertz CT molecular complexity index is 327. The zero-order valence-electron chi connectivity index (χ0n) is 17.4. The Morgan fingerprint density at radius 2 is 1.24 bits per heavy atom. The monoisotopic (exact) mass is 352 g/mol. The minimum absolute atomic E-state index is 0.192. The molecule has 0 aromatic carbocycles. The highest BCUT2D eigenvalue weighted by molar-refractivity contribution is 5.48. The first kappa shape index (κ1) is 22.6. The molecule has 3 heteroatoms. The van der Waals surface area contributed by atoms with Gasteiger partial charge in [0, 0.05) is 6.92 Å². The number of hydrogen-bond acceptors (Lipinski definition) is 2. The fraction of sp³-hybridized carbons (Fsp3) is 0.955. The van der Waals surface area contributed by atoms with Crippen molar-refractivity contribution in [2.75, 3.05) is 19.6 Å². The van der Waals surface area contributed by atoms with Crippen LogP contribution in [0.2, 0.25) is 0 Å². The van der Waals surface area contributed by atoms with E-state index in [1.165, 1.54) is 103 Å². The molecule has 0 saturated carbocycles. The minimum atomic E-state index is 0.192. The maximum Gasteiger partial charge on any atom is 0.186 e. The van der Waals surface area contributed by atoms with E-state index in [1.54, 1.807) is 0 Å². The van der Waals surface area contributed by atoms with Crippen molar-refractivity contribution in [2.45, 2.75) is 116 Å². The molecule has 3 nitrogen and oxygen atoms in total. The molecular formula is C22H46N3+.